The molecule has 0 atom stereocenters. The van der Waals surface area contributed by atoms with Gasteiger partial charge >= 0.3 is 0 Å². The molecule has 16 heavy (non-hydrogen) atoms. The molecular weight excluding hydrogens is 206 g/mol. The van der Waals surface area contributed by atoms with Crippen molar-refractivity contribution in [1.29, 1.82) is 0 Å². The molecule has 1 fully saturated rings. The molecule has 1 aliphatic rings. The second-order valence-electron chi connectivity index (χ2n) is 4.43. The molecule has 0 unspecified atom stereocenters. The van der Waals surface area contributed by atoms with Crippen LogP contribution in [0.15, 0.2) is 18.2 Å². The van der Waals surface area contributed by atoms with Gasteiger partial charge in [-0.15, -0.1) is 0 Å². The van der Waals surface area contributed by atoms with Crippen LogP contribution in [0, 0.1) is 0 Å². The van der Waals surface area contributed by atoms with Crippen LogP contribution in [0.3, 0.4) is 0 Å². The number of methoxy groups -OCH3 is 1. The zero-order valence-electron chi connectivity index (χ0n) is 9.31. The highest BCUT2D eigenvalue weighted by Gasteiger charge is 2.43. The van der Waals surface area contributed by atoms with E-state index >= 15 is 0 Å². The Morgan fingerprint density at radius 2 is 2.19 bits per heavy atom. The third kappa shape index (κ3) is 1.64. The van der Waals surface area contributed by atoms with Gasteiger partial charge in [-0.25, -0.2) is 0 Å². The van der Waals surface area contributed by atoms with E-state index in [4.69, 9.17) is 10.5 Å². The second-order valence-corrected chi connectivity index (χ2v) is 4.43. The second kappa shape index (κ2) is 3.96. The molecule has 4 nitrogen and oxygen atoms in total. The first kappa shape index (κ1) is 11.2. The smallest absolute Gasteiger partial charge is 0.160 e. The van der Waals surface area contributed by atoms with Crippen molar-refractivity contribution in [3.8, 4) is 11.5 Å². The maximum atomic E-state index is 9.71. The Kier molecular flexibility index (Phi) is 2.78. The molecule has 88 valence electrons. The third-order valence-electron chi connectivity index (χ3n) is 3.43. The quantitative estimate of drug-likeness (QED) is 0.707. The van der Waals surface area contributed by atoms with E-state index in [9.17, 15) is 10.2 Å². The first-order valence-electron chi connectivity index (χ1n) is 5.37. The van der Waals surface area contributed by atoms with Gasteiger partial charge in [0.25, 0.3) is 0 Å². The molecule has 0 radical (unpaired) electrons. The SMILES string of the molecule is COc1ccc(C2(CN)CC(O)C2)cc1O. The summed E-state index contributed by atoms with van der Waals surface area (Å²) in [5.74, 6) is 0.574. The molecule has 0 aliphatic heterocycles. The summed E-state index contributed by atoms with van der Waals surface area (Å²) in [4.78, 5) is 0. The number of hydrogen-bond donors (Lipinski definition) is 3. The molecule has 0 aromatic heterocycles. The lowest BCUT2D eigenvalue weighted by Crippen LogP contribution is -2.49. The van der Waals surface area contributed by atoms with Crippen molar-refractivity contribution in [1.82, 2.24) is 0 Å². The molecular formula is C12H17NO3. The molecule has 0 saturated heterocycles. The molecule has 1 aromatic carbocycles. The lowest BCUT2D eigenvalue weighted by Gasteiger charge is -2.45. The predicted molar refractivity (Wildman–Crippen MR) is 60.6 cm³/mol. The van der Waals surface area contributed by atoms with Crippen LogP contribution in [0.25, 0.3) is 0 Å². The number of aliphatic hydroxyl groups is 1. The molecule has 4 heteroatoms. The van der Waals surface area contributed by atoms with Crippen molar-refractivity contribution in [3.05, 3.63) is 23.8 Å². The van der Waals surface area contributed by atoms with Crippen molar-refractivity contribution in [2.75, 3.05) is 13.7 Å². The van der Waals surface area contributed by atoms with E-state index in [1.807, 2.05) is 6.07 Å². The molecule has 1 saturated carbocycles. The van der Waals surface area contributed by atoms with Gasteiger partial charge in [0, 0.05) is 12.0 Å². The highest BCUT2D eigenvalue weighted by Crippen LogP contribution is 2.44. The monoisotopic (exact) mass is 223 g/mol. The number of nitrogens with two attached hydrogens (primary N) is 1. The van der Waals surface area contributed by atoms with Crippen LogP contribution in [0.4, 0.5) is 0 Å². The van der Waals surface area contributed by atoms with Gasteiger partial charge in [-0.2, -0.15) is 0 Å². The number of hydrogen-bond acceptors (Lipinski definition) is 4. The number of phenolic OH excluding ortho intramolecular Hbond substituents is 1. The van der Waals surface area contributed by atoms with Crippen molar-refractivity contribution >= 4 is 0 Å². The largest absolute Gasteiger partial charge is 0.504 e. The summed E-state index contributed by atoms with van der Waals surface area (Å²) in [5.41, 5.74) is 6.55. The molecule has 4 N–H and O–H groups in total. The standard InChI is InChI=1S/C12H17NO3/c1-16-11-3-2-8(4-10(11)15)12(7-13)5-9(14)6-12/h2-4,9,14-15H,5-7,13H2,1H3. The van der Waals surface area contributed by atoms with Crippen LogP contribution < -0.4 is 10.5 Å². The summed E-state index contributed by atoms with van der Waals surface area (Å²) in [6.45, 7) is 0.482. The summed E-state index contributed by atoms with van der Waals surface area (Å²) in [6, 6.07) is 5.31. The fourth-order valence-corrected chi connectivity index (χ4v) is 2.38. The van der Waals surface area contributed by atoms with Gasteiger partial charge < -0.3 is 20.7 Å². The summed E-state index contributed by atoms with van der Waals surface area (Å²) in [5, 5.41) is 19.1. The van der Waals surface area contributed by atoms with Gasteiger partial charge in [0.2, 0.25) is 0 Å². The summed E-state index contributed by atoms with van der Waals surface area (Å²) in [7, 11) is 1.51. The van der Waals surface area contributed by atoms with E-state index < -0.39 is 0 Å². The Morgan fingerprint density at radius 1 is 1.50 bits per heavy atom. The zero-order chi connectivity index (χ0) is 11.8. The topological polar surface area (TPSA) is 75.7 Å². The first-order chi connectivity index (χ1) is 7.61. The van der Waals surface area contributed by atoms with E-state index in [2.05, 4.69) is 0 Å². The van der Waals surface area contributed by atoms with Crippen LogP contribution in [0.2, 0.25) is 0 Å². The van der Waals surface area contributed by atoms with Crippen LogP contribution >= 0.6 is 0 Å². The number of aromatic hydroxyl groups is 1. The molecule has 2 rings (SSSR count). The van der Waals surface area contributed by atoms with Gasteiger partial charge in [-0.3, -0.25) is 0 Å². The van der Waals surface area contributed by atoms with Gasteiger partial charge in [0.15, 0.2) is 11.5 Å². The van der Waals surface area contributed by atoms with Crippen LogP contribution in [0.5, 0.6) is 11.5 Å². The van der Waals surface area contributed by atoms with E-state index in [0.717, 1.165) is 5.56 Å². The van der Waals surface area contributed by atoms with Crippen molar-refractivity contribution in [2.24, 2.45) is 5.73 Å². The Hall–Kier alpha value is -1.26. The van der Waals surface area contributed by atoms with E-state index in [-0.39, 0.29) is 17.3 Å². The minimum Gasteiger partial charge on any atom is -0.504 e. The fourth-order valence-electron chi connectivity index (χ4n) is 2.38. The van der Waals surface area contributed by atoms with Crippen molar-refractivity contribution in [3.63, 3.8) is 0 Å². The Balaban J connectivity index is 2.30. The zero-order valence-corrected chi connectivity index (χ0v) is 9.31. The third-order valence-corrected chi connectivity index (χ3v) is 3.43. The normalized spacial score (nSPS) is 28.6. The van der Waals surface area contributed by atoms with Crippen LogP contribution in [0.1, 0.15) is 18.4 Å². The molecule has 1 aromatic rings. The van der Waals surface area contributed by atoms with Gasteiger partial charge in [0.05, 0.1) is 13.2 Å². The fraction of sp³-hybridized carbons (Fsp3) is 0.500. The van der Waals surface area contributed by atoms with Gasteiger partial charge in [0.1, 0.15) is 0 Å². The number of aliphatic hydroxyl groups excluding tert-OH is 1. The van der Waals surface area contributed by atoms with Gasteiger partial charge in [-0.05, 0) is 30.5 Å². The predicted octanol–water partition coefficient (Wildman–Crippen LogP) is 0.752. The first-order valence-corrected chi connectivity index (χ1v) is 5.37. The Bertz CT molecular complexity index is 386. The van der Waals surface area contributed by atoms with Crippen molar-refractivity contribution < 1.29 is 14.9 Å². The van der Waals surface area contributed by atoms with E-state index in [1.54, 1.807) is 12.1 Å². The van der Waals surface area contributed by atoms with E-state index in [1.165, 1.54) is 7.11 Å². The maximum absolute atomic E-state index is 9.71. The molecule has 0 spiro atoms. The molecule has 0 bridgehead atoms. The van der Waals surface area contributed by atoms with Crippen LogP contribution in [-0.4, -0.2) is 30.0 Å². The lowest BCUT2D eigenvalue weighted by atomic mass is 9.63. The number of rotatable bonds is 3. The maximum Gasteiger partial charge on any atom is 0.160 e. The van der Waals surface area contributed by atoms with E-state index in [0.29, 0.717) is 25.1 Å². The number of phenols is 1. The van der Waals surface area contributed by atoms with Gasteiger partial charge in [-0.1, -0.05) is 6.07 Å². The number of ether oxygens (including phenoxy) is 1. The minimum absolute atomic E-state index is 0.120. The highest BCUT2D eigenvalue weighted by molar-refractivity contribution is 5.45. The Morgan fingerprint density at radius 3 is 2.62 bits per heavy atom. The van der Waals surface area contributed by atoms with Crippen molar-refractivity contribution in [2.45, 2.75) is 24.4 Å². The minimum atomic E-state index is -0.271. The Labute approximate surface area is 94.7 Å². The average Bonchev–Trinajstić information content (AvgIpc) is 2.24. The number of benzene rings is 1. The summed E-state index contributed by atoms with van der Waals surface area (Å²) in [6.07, 6.45) is 1.05. The molecule has 0 heterocycles. The lowest BCUT2D eigenvalue weighted by molar-refractivity contribution is 0.0220. The average molecular weight is 223 g/mol. The summed E-state index contributed by atoms with van der Waals surface area (Å²) < 4.78 is 4.99. The van der Waals surface area contributed by atoms with Crippen LogP contribution in [-0.2, 0) is 5.41 Å². The molecule has 0 amide bonds. The highest BCUT2D eigenvalue weighted by atomic mass is 16.5. The molecule has 1 aliphatic carbocycles. The summed E-state index contributed by atoms with van der Waals surface area (Å²) >= 11 is 0.